The third-order valence-electron chi connectivity index (χ3n) is 4.40. The molecule has 0 saturated carbocycles. The summed E-state index contributed by atoms with van der Waals surface area (Å²) in [6, 6.07) is 9.22. The minimum absolute atomic E-state index is 0.00694. The van der Waals surface area contributed by atoms with E-state index in [-0.39, 0.29) is 5.56 Å². The predicted octanol–water partition coefficient (Wildman–Crippen LogP) is 3.89. The van der Waals surface area contributed by atoms with E-state index < -0.39 is 5.82 Å². The third-order valence-corrected chi connectivity index (χ3v) is 4.87. The van der Waals surface area contributed by atoms with E-state index in [0.29, 0.717) is 35.1 Å². The van der Waals surface area contributed by atoms with Crippen molar-refractivity contribution in [3.8, 4) is 0 Å². The lowest BCUT2D eigenvalue weighted by Crippen LogP contribution is -2.36. The van der Waals surface area contributed by atoms with Gasteiger partial charge in [-0.25, -0.2) is 4.39 Å². The maximum atomic E-state index is 12.5. The lowest BCUT2D eigenvalue weighted by atomic mass is 10.1. The molecule has 0 amide bonds. The molecule has 2 aromatic carbocycles. The van der Waals surface area contributed by atoms with Crippen molar-refractivity contribution in [2.45, 2.75) is 0 Å². The number of benzene rings is 2. The van der Waals surface area contributed by atoms with Crippen LogP contribution in [0.4, 0.5) is 10.1 Å². The number of anilines is 1. The van der Waals surface area contributed by atoms with Crippen LogP contribution in [0.1, 0.15) is 20.7 Å². The zero-order valence-electron chi connectivity index (χ0n) is 17.0. The van der Waals surface area contributed by atoms with E-state index in [1.54, 1.807) is 12.1 Å². The van der Waals surface area contributed by atoms with E-state index in [0.717, 1.165) is 57.4 Å². The third kappa shape index (κ3) is 8.93. The zero-order chi connectivity index (χ0) is 22.5. The fraction of sp³-hybridized carbons (Fsp3) is 0.364. The van der Waals surface area contributed by atoms with Crippen LogP contribution in [0.15, 0.2) is 36.4 Å². The van der Waals surface area contributed by atoms with Crippen LogP contribution < -0.4 is 10.2 Å². The number of nitrogens with one attached hydrogen (secondary N) is 1. The lowest BCUT2D eigenvalue weighted by molar-refractivity contribution is 0.109. The van der Waals surface area contributed by atoms with Crippen molar-refractivity contribution in [1.82, 2.24) is 5.32 Å². The van der Waals surface area contributed by atoms with Gasteiger partial charge in [-0.05, 0) is 36.4 Å². The van der Waals surface area contributed by atoms with E-state index in [9.17, 15) is 14.0 Å². The van der Waals surface area contributed by atoms with Gasteiger partial charge in [-0.3, -0.25) is 9.59 Å². The summed E-state index contributed by atoms with van der Waals surface area (Å²) in [5, 5.41) is 4.12. The average molecular weight is 471 g/mol. The number of halogens is 3. The standard InChI is InChI=1S/C11H12ClNO2.C7H4ClFO.C4H9NO/c12-10-1-2-11(9(7-10)8-14)13-3-5-15-6-4-13;8-6-1-2-7(9)5(3-6)4-10;1-3-6-4-2-5-1/h1-2,7-8H,3-6H2;1-4H;5H,1-4H2. The number of aldehydes is 2. The summed E-state index contributed by atoms with van der Waals surface area (Å²) in [4.78, 5) is 23.1. The Kier molecular flexibility index (Phi) is 11.5. The molecule has 2 aliphatic rings. The van der Waals surface area contributed by atoms with Crippen LogP contribution in [-0.2, 0) is 9.47 Å². The molecule has 0 aromatic heterocycles. The van der Waals surface area contributed by atoms with Crippen molar-refractivity contribution in [3.05, 3.63) is 63.4 Å². The molecular weight excluding hydrogens is 446 g/mol. The number of nitrogens with zero attached hydrogens (tertiary/aromatic N) is 1. The highest BCUT2D eigenvalue weighted by molar-refractivity contribution is 6.31. The van der Waals surface area contributed by atoms with Crippen LogP contribution in [0, 0.1) is 5.82 Å². The van der Waals surface area contributed by atoms with E-state index in [1.807, 2.05) is 6.07 Å². The highest BCUT2D eigenvalue weighted by atomic mass is 35.5. The molecule has 9 heteroatoms. The molecule has 4 rings (SSSR count). The smallest absolute Gasteiger partial charge is 0.153 e. The maximum Gasteiger partial charge on any atom is 0.153 e. The summed E-state index contributed by atoms with van der Waals surface area (Å²) in [5.74, 6) is -0.542. The minimum atomic E-state index is -0.542. The molecule has 31 heavy (non-hydrogen) atoms. The molecule has 2 aromatic rings. The molecule has 2 fully saturated rings. The Balaban J connectivity index is 0.000000183. The van der Waals surface area contributed by atoms with Crippen molar-refractivity contribution in [1.29, 1.82) is 0 Å². The van der Waals surface area contributed by atoms with E-state index in [4.69, 9.17) is 32.7 Å². The Labute approximate surface area is 191 Å². The Morgan fingerprint density at radius 1 is 0.839 bits per heavy atom. The lowest BCUT2D eigenvalue weighted by Gasteiger charge is -2.29. The number of hydrogen-bond donors (Lipinski definition) is 1. The van der Waals surface area contributed by atoms with Gasteiger partial charge in [0.05, 0.1) is 32.0 Å². The molecule has 0 bridgehead atoms. The van der Waals surface area contributed by atoms with Crippen LogP contribution in [-0.4, -0.2) is 65.2 Å². The van der Waals surface area contributed by atoms with Crippen LogP contribution in [0.2, 0.25) is 10.0 Å². The fourth-order valence-electron chi connectivity index (χ4n) is 2.83. The predicted molar refractivity (Wildman–Crippen MR) is 120 cm³/mol. The second kappa shape index (κ2) is 14.1. The molecular formula is C22H25Cl2FN2O4. The van der Waals surface area contributed by atoms with Crippen LogP contribution >= 0.6 is 23.2 Å². The van der Waals surface area contributed by atoms with Gasteiger partial charge in [0.2, 0.25) is 0 Å². The van der Waals surface area contributed by atoms with Gasteiger partial charge >= 0.3 is 0 Å². The summed E-state index contributed by atoms with van der Waals surface area (Å²) in [6.07, 6.45) is 1.28. The normalized spacial score (nSPS) is 15.6. The average Bonchev–Trinajstić information content (AvgIpc) is 2.83. The molecule has 0 radical (unpaired) electrons. The molecule has 2 saturated heterocycles. The van der Waals surface area contributed by atoms with E-state index >= 15 is 0 Å². The quantitative estimate of drug-likeness (QED) is 0.686. The number of ether oxygens (including phenoxy) is 2. The first-order valence-corrected chi connectivity index (χ1v) is 10.6. The number of carbonyl (C=O) groups excluding carboxylic acids is 2. The van der Waals surface area contributed by atoms with Gasteiger partial charge in [-0.15, -0.1) is 0 Å². The summed E-state index contributed by atoms with van der Waals surface area (Å²) in [5.41, 5.74) is 1.58. The van der Waals surface area contributed by atoms with Crippen molar-refractivity contribution in [2.75, 3.05) is 57.5 Å². The van der Waals surface area contributed by atoms with Crippen LogP contribution in [0.25, 0.3) is 0 Å². The Hall–Kier alpha value is -2.03. The van der Waals surface area contributed by atoms with Crippen molar-refractivity contribution >= 4 is 41.5 Å². The second-order valence-corrected chi connectivity index (χ2v) is 7.44. The molecule has 1 N–H and O–H groups in total. The summed E-state index contributed by atoms with van der Waals surface area (Å²) < 4.78 is 22.7. The topological polar surface area (TPSA) is 67.9 Å². The SMILES string of the molecule is C1COCCN1.O=Cc1cc(Cl)ccc1F.O=Cc1cc(Cl)ccc1N1CCOCC1. The molecule has 2 aliphatic heterocycles. The Bertz CT molecular complexity index is 833. The minimum Gasteiger partial charge on any atom is -0.379 e. The first-order valence-electron chi connectivity index (χ1n) is 9.81. The van der Waals surface area contributed by atoms with Gasteiger partial charge in [0, 0.05) is 47.5 Å². The van der Waals surface area contributed by atoms with Gasteiger partial charge in [0.25, 0.3) is 0 Å². The molecule has 2 heterocycles. The van der Waals surface area contributed by atoms with Crippen molar-refractivity contribution in [2.24, 2.45) is 0 Å². The highest BCUT2D eigenvalue weighted by Gasteiger charge is 2.14. The summed E-state index contributed by atoms with van der Waals surface area (Å²) in [7, 11) is 0. The molecule has 168 valence electrons. The van der Waals surface area contributed by atoms with Gasteiger partial charge in [-0.1, -0.05) is 23.2 Å². The first-order chi connectivity index (χ1) is 15.0. The van der Waals surface area contributed by atoms with E-state index in [2.05, 4.69) is 10.2 Å². The monoisotopic (exact) mass is 470 g/mol. The van der Waals surface area contributed by atoms with Crippen molar-refractivity contribution < 1.29 is 23.5 Å². The largest absolute Gasteiger partial charge is 0.379 e. The van der Waals surface area contributed by atoms with Gasteiger partial charge in [-0.2, -0.15) is 0 Å². The molecule has 0 atom stereocenters. The van der Waals surface area contributed by atoms with E-state index in [1.165, 1.54) is 12.1 Å². The van der Waals surface area contributed by atoms with Gasteiger partial charge < -0.3 is 19.7 Å². The highest BCUT2D eigenvalue weighted by Crippen LogP contribution is 2.23. The first kappa shape index (κ1) is 25.2. The molecule has 0 spiro atoms. The number of hydrogen-bond acceptors (Lipinski definition) is 6. The number of carbonyl (C=O) groups is 2. The van der Waals surface area contributed by atoms with Crippen LogP contribution in [0.3, 0.4) is 0 Å². The second-order valence-electron chi connectivity index (χ2n) is 6.57. The Morgan fingerprint density at radius 2 is 1.39 bits per heavy atom. The fourth-order valence-corrected chi connectivity index (χ4v) is 3.19. The summed E-state index contributed by atoms with van der Waals surface area (Å²) >= 11 is 11.3. The Morgan fingerprint density at radius 3 is 1.87 bits per heavy atom. The number of rotatable bonds is 3. The zero-order valence-corrected chi connectivity index (χ0v) is 18.5. The number of morpholine rings is 2. The summed E-state index contributed by atoms with van der Waals surface area (Å²) in [6.45, 7) is 6.90. The molecule has 0 aliphatic carbocycles. The molecule has 6 nitrogen and oxygen atoms in total. The molecule has 0 unspecified atom stereocenters. The van der Waals surface area contributed by atoms with Crippen LogP contribution in [0.5, 0.6) is 0 Å². The van der Waals surface area contributed by atoms with Crippen molar-refractivity contribution in [3.63, 3.8) is 0 Å². The van der Waals surface area contributed by atoms with Gasteiger partial charge in [0.1, 0.15) is 5.82 Å². The van der Waals surface area contributed by atoms with Gasteiger partial charge in [0.15, 0.2) is 12.6 Å². The maximum absolute atomic E-state index is 12.5.